The van der Waals surface area contributed by atoms with Crippen LogP contribution in [-0.4, -0.2) is 24.1 Å². The van der Waals surface area contributed by atoms with Crippen LogP contribution in [0.2, 0.25) is 0 Å². The largest absolute Gasteiger partial charge is 0.454 e. The van der Waals surface area contributed by atoms with Crippen molar-refractivity contribution in [2.45, 2.75) is 29.2 Å². The molecule has 0 aliphatic heterocycles. The smallest absolute Gasteiger partial charge is 0.338 e. The lowest BCUT2D eigenvalue weighted by Crippen LogP contribution is -2.63. The molecule has 3 unspecified atom stereocenters. The Morgan fingerprint density at radius 3 is 1.75 bits per heavy atom. The van der Waals surface area contributed by atoms with Crippen LogP contribution in [0, 0.1) is 0 Å². The van der Waals surface area contributed by atoms with E-state index in [2.05, 4.69) is 0 Å². The Morgan fingerprint density at radius 2 is 1.11 bits per heavy atom. The summed E-state index contributed by atoms with van der Waals surface area (Å²) in [5, 5.41) is 0. The monoisotopic (exact) mass is 476 g/mol. The van der Waals surface area contributed by atoms with Crippen molar-refractivity contribution < 1.29 is 23.5 Å². The van der Waals surface area contributed by atoms with Crippen molar-refractivity contribution >= 4 is 11.9 Å². The lowest BCUT2D eigenvalue weighted by atomic mass is 9.42. The van der Waals surface area contributed by atoms with Crippen molar-refractivity contribution in [2.75, 3.05) is 0 Å². The van der Waals surface area contributed by atoms with Crippen LogP contribution in [0.4, 0.5) is 4.39 Å². The summed E-state index contributed by atoms with van der Waals surface area (Å²) in [5.74, 6) is -1.70. The predicted octanol–water partition coefficient (Wildman–Crippen LogP) is 5.71. The first-order valence-corrected chi connectivity index (χ1v) is 12.0. The molecule has 3 aliphatic carbocycles. The first-order valence-electron chi connectivity index (χ1n) is 12.0. The second kappa shape index (κ2) is 7.37. The summed E-state index contributed by atoms with van der Waals surface area (Å²) in [6.07, 6.45) is -2.32. The second-order valence-electron chi connectivity index (χ2n) is 9.56. The fourth-order valence-corrected chi connectivity index (χ4v) is 6.68. The Labute approximate surface area is 207 Å². The molecule has 0 saturated heterocycles. The number of halogens is 1. The topological polar surface area (TPSA) is 52.6 Å². The highest BCUT2D eigenvalue weighted by atomic mass is 19.1. The second-order valence-corrected chi connectivity index (χ2v) is 9.56. The van der Waals surface area contributed by atoms with Crippen LogP contribution in [0.1, 0.15) is 48.9 Å². The molecule has 4 aromatic rings. The molecule has 0 bridgehead atoms. The van der Waals surface area contributed by atoms with Crippen molar-refractivity contribution in [1.82, 2.24) is 0 Å². The van der Waals surface area contributed by atoms with Crippen LogP contribution in [-0.2, 0) is 20.6 Å². The zero-order chi connectivity index (χ0) is 24.5. The molecule has 0 radical (unpaired) electrons. The summed E-state index contributed by atoms with van der Waals surface area (Å²) < 4.78 is 29.6. The highest BCUT2D eigenvalue weighted by Gasteiger charge is 2.85. The number of esters is 2. The number of carbonyl (C=O) groups excluding carboxylic acids is 2. The molecule has 1 saturated carbocycles. The van der Waals surface area contributed by atoms with E-state index in [1.165, 1.54) is 0 Å². The highest BCUT2D eigenvalue weighted by Crippen LogP contribution is 2.79. The number of alkyl halides is 1. The molecule has 7 rings (SSSR count). The van der Waals surface area contributed by atoms with Crippen LogP contribution in [0.25, 0.3) is 0 Å². The molecular formula is C31H21FO4. The first kappa shape index (κ1) is 21.1. The molecule has 0 amide bonds. The van der Waals surface area contributed by atoms with Crippen molar-refractivity contribution in [3.8, 4) is 0 Å². The standard InChI is InChI=1S/C31H21FO4/c32-31-24-18-10-9-17-23(24)30(31)22-16-8-7-15-21(22)25(30)26(35-28(33)19-11-3-1-4-12-19)27(31)36-29(34)20-13-5-2-6-14-20/h1-18,25-27H/t25?,26?,27?,30-,31-/m1/s1. The Hall–Kier alpha value is -4.25. The van der Waals surface area contributed by atoms with E-state index >= 15 is 4.39 Å². The zero-order valence-electron chi connectivity index (χ0n) is 19.1. The Balaban J connectivity index is 1.38. The van der Waals surface area contributed by atoms with Crippen LogP contribution in [0.15, 0.2) is 109 Å². The van der Waals surface area contributed by atoms with Gasteiger partial charge in [0.05, 0.1) is 16.5 Å². The lowest BCUT2D eigenvalue weighted by molar-refractivity contribution is -0.0884. The normalized spacial score (nSPS) is 28.3. The summed E-state index contributed by atoms with van der Waals surface area (Å²) >= 11 is 0. The number of benzene rings is 4. The summed E-state index contributed by atoms with van der Waals surface area (Å²) in [4.78, 5) is 26.4. The van der Waals surface area contributed by atoms with Crippen molar-refractivity contribution in [3.05, 3.63) is 143 Å². The Kier molecular flexibility index (Phi) is 4.32. The van der Waals surface area contributed by atoms with Gasteiger partial charge in [0.15, 0.2) is 17.9 Å². The number of hydrogen-bond acceptors (Lipinski definition) is 4. The fraction of sp³-hybridized carbons (Fsp3) is 0.161. The van der Waals surface area contributed by atoms with E-state index in [4.69, 9.17) is 9.47 Å². The molecule has 4 aromatic carbocycles. The maximum atomic E-state index is 17.6. The third kappa shape index (κ3) is 2.42. The van der Waals surface area contributed by atoms with E-state index in [0.29, 0.717) is 16.7 Å². The van der Waals surface area contributed by atoms with Crippen LogP contribution >= 0.6 is 0 Å². The molecule has 0 N–H and O–H groups in total. The molecule has 1 fully saturated rings. The van der Waals surface area contributed by atoms with E-state index in [1.807, 2.05) is 36.4 Å². The van der Waals surface area contributed by atoms with Gasteiger partial charge in [-0.2, -0.15) is 0 Å². The van der Waals surface area contributed by atoms with E-state index < -0.39 is 41.1 Å². The minimum Gasteiger partial charge on any atom is -0.454 e. The molecular weight excluding hydrogens is 455 g/mol. The maximum Gasteiger partial charge on any atom is 0.338 e. The van der Waals surface area contributed by atoms with E-state index in [1.54, 1.807) is 72.8 Å². The van der Waals surface area contributed by atoms with Gasteiger partial charge in [-0.25, -0.2) is 14.0 Å². The Morgan fingerprint density at radius 1 is 0.611 bits per heavy atom. The van der Waals surface area contributed by atoms with Crippen molar-refractivity contribution in [2.24, 2.45) is 0 Å². The number of carbonyl (C=O) groups is 2. The van der Waals surface area contributed by atoms with Gasteiger partial charge in [-0.3, -0.25) is 0 Å². The number of hydrogen-bond donors (Lipinski definition) is 0. The van der Waals surface area contributed by atoms with Gasteiger partial charge in [-0.1, -0.05) is 84.9 Å². The molecule has 4 nitrogen and oxygen atoms in total. The lowest BCUT2D eigenvalue weighted by Gasteiger charge is -2.60. The molecule has 5 heteroatoms. The van der Waals surface area contributed by atoms with Crippen LogP contribution in [0.3, 0.4) is 0 Å². The average molecular weight is 477 g/mol. The number of fused-ring (bicyclic) bond motifs is 4. The molecule has 5 atom stereocenters. The van der Waals surface area contributed by atoms with Gasteiger partial charge in [0, 0.05) is 5.92 Å². The van der Waals surface area contributed by atoms with Gasteiger partial charge in [0.2, 0.25) is 0 Å². The summed E-state index contributed by atoms with van der Waals surface area (Å²) in [6, 6.07) is 32.1. The van der Waals surface area contributed by atoms with Crippen molar-refractivity contribution in [3.63, 3.8) is 0 Å². The van der Waals surface area contributed by atoms with Crippen LogP contribution in [0.5, 0.6) is 0 Å². The van der Waals surface area contributed by atoms with E-state index in [9.17, 15) is 9.59 Å². The summed E-state index contributed by atoms with van der Waals surface area (Å²) in [5.41, 5.74) is 0.708. The zero-order valence-corrected chi connectivity index (χ0v) is 19.1. The molecule has 176 valence electrons. The van der Waals surface area contributed by atoms with Gasteiger partial charge in [-0.05, 0) is 46.5 Å². The third-order valence-electron chi connectivity index (χ3n) is 8.02. The Bertz CT molecular complexity index is 1520. The quantitative estimate of drug-likeness (QED) is 0.354. The van der Waals surface area contributed by atoms with Gasteiger partial charge in [0.25, 0.3) is 0 Å². The fourth-order valence-electron chi connectivity index (χ4n) is 6.68. The van der Waals surface area contributed by atoms with Gasteiger partial charge >= 0.3 is 11.9 Å². The molecule has 36 heavy (non-hydrogen) atoms. The molecule has 3 aliphatic rings. The predicted molar refractivity (Wildman–Crippen MR) is 130 cm³/mol. The van der Waals surface area contributed by atoms with E-state index in [0.717, 1.165) is 16.7 Å². The van der Waals surface area contributed by atoms with Gasteiger partial charge < -0.3 is 9.47 Å². The number of rotatable bonds is 4. The summed E-state index contributed by atoms with van der Waals surface area (Å²) in [6.45, 7) is 0. The van der Waals surface area contributed by atoms with Gasteiger partial charge in [0.1, 0.15) is 0 Å². The van der Waals surface area contributed by atoms with E-state index in [-0.39, 0.29) is 0 Å². The van der Waals surface area contributed by atoms with Crippen molar-refractivity contribution in [1.29, 1.82) is 0 Å². The van der Waals surface area contributed by atoms with Gasteiger partial charge in [-0.15, -0.1) is 0 Å². The van der Waals surface area contributed by atoms with Crippen LogP contribution < -0.4 is 0 Å². The molecule has 1 spiro atoms. The molecule has 0 heterocycles. The highest BCUT2D eigenvalue weighted by molar-refractivity contribution is 5.91. The SMILES string of the molecule is O=C(OC1C2c3ccccc3[C@@]23c2ccccc2[C@@]3(F)C1OC(=O)c1ccccc1)c1ccccc1. The average Bonchev–Trinajstić information content (AvgIpc) is 3.06. The number of ether oxygens (including phenoxy) is 2. The first-order chi connectivity index (χ1) is 17.6. The maximum absolute atomic E-state index is 17.6. The third-order valence-corrected chi connectivity index (χ3v) is 8.02. The summed E-state index contributed by atoms with van der Waals surface area (Å²) in [7, 11) is 0. The minimum atomic E-state index is -2.03. The minimum absolute atomic E-state index is 0.313. The molecule has 0 aromatic heterocycles.